The molecule has 0 amide bonds. The van der Waals surface area contributed by atoms with Crippen molar-refractivity contribution in [3.05, 3.63) is 11.6 Å². The largest absolute Gasteiger partial charge is 0.460 e. The molecule has 0 aromatic carbocycles. The van der Waals surface area contributed by atoms with Gasteiger partial charge in [-0.05, 0) is 18.9 Å². The summed E-state index contributed by atoms with van der Waals surface area (Å²) in [6.07, 6.45) is 2.62. The van der Waals surface area contributed by atoms with Gasteiger partial charge in [0.25, 0.3) is 0 Å². The molecule has 6 heteroatoms. The summed E-state index contributed by atoms with van der Waals surface area (Å²) in [7, 11) is 0. The summed E-state index contributed by atoms with van der Waals surface area (Å²) in [5.41, 5.74) is -0.752. The van der Waals surface area contributed by atoms with E-state index in [9.17, 15) is 14.7 Å². The van der Waals surface area contributed by atoms with Crippen LogP contribution < -0.4 is 0 Å². The Morgan fingerprint density at radius 3 is 2.82 bits per heavy atom. The minimum Gasteiger partial charge on any atom is -0.460 e. The van der Waals surface area contributed by atoms with Crippen LogP contribution in [0.15, 0.2) is 11.6 Å². The van der Waals surface area contributed by atoms with Crippen LogP contribution in [-0.4, -0.2) is 59.4 Å². The average molecular weight is 309 g/mol. The summed E-state index contributed by atoms with van der Waals surface area (Å²) in [4.78, 5) is 26.9. The van der Waals surface area contributed by atoms with Gasteiger partial charge in [0.2, 0.25) is 0 Å². The van der Waals surface area contributed by atoms with Gasteiger partial charge < -0.3 is 14.6 Å². The van der Waals surface area contributed by atoms with Crippen LogP contribution in [0.25, 0.3) is 0 Å². The van der Waals surface area contributed by atoms with Crippen molar-refractivity contribution in [3.63, 3.8) is 0 Å². The smallest absolute Gasteiger partial charge is 0.338 e. The number of hydrogen-bond donors (Lipinski definition) is 1. The second-order valence-electron chi connectivity index (χ2n) is 6.78. The molecule has 0 radical (unpaired) electrons. The van der Waals surface area contributed by atoms with Gasteiger partial charge in [0.05, 0.1) is 12.0 Å². The van der Waals surface area contributed by atoms with E-state index in [1.54, 1.807) is 13.8 Å². The van der Waals surface area contributed by atoms with Gasteiger partial charge in [0, 0.05) is 19.0 Å². The number of carbonyl (C=O) groups excluding carboxylic acids is 2. The van der Waals surface area contributed by atoms with Gasteiger partial charge in [0.15, 0.2) is 5.60 Å². The third kappa shape index (κ3) is 2.34. The Kier molecular flexibility index (Phi) is 3.77. The molecule has 0 unspecified atom stereocenters. The van der Waals surface area contributed by atoms with Crippen molar-refractivity contribution in [1.29, 1.82) is 0 Å². The van der Waals surface area contributed by atoms with E-state index in [1.165, 1.54) is 6.92 Å². The highest BCUT2D eigenvalue weighted by Gasteiger charge is 2.47. The molecule has 22 heavy (non-hydrogen) atoms. The lowest BCUT2D eigenvalue weighted by Crippen LogP contribution is -2.47. The molecular formula is C16H23NO5. The Morgan fingerprint density at radius 1 is 1.36 bits per heavy atom. The molecule has 3 aliphatic heterocycles. The second-order valence-corrected chi connectivity index (χ2v) is 6.78. The van der Waals surface area contributed by atoms with Gasteiger partial charge in [-0.1, -0.05) is 19.9 Å². The molecule has 0 saturated carbocycles. The number of carbonyl (C=O) groups is 2. The van der Waals surface area contributed by atoms with Gasteiger partial charge in [-0.2, -0.15) is 0 Å². The maximum Gasteiger partial charge on any atom is 0.338 e. The van der Waals surface area contributed by atoms with Crippen molar-refractivity contribution in [2.24, 2.45) is 11.8 Å². The fraction of sp³-hybridized carbons (Fsp3) is 0.750. The highest BCUT2D eigenvalue weighted by molar-refractivity contribution is 5.81. The number of rotatable bonds is 0. The van der Waals surface area contributed by atoms with Gasteiger partial charge in [-0.3, -0.25) is 9.69 Å². The van der Waals surface area contributed by atoms with Crippen LogP contribution in [-0.2, 0) is 19.1 Å². The van der Waals surface area contributed by atoms with Crippen LogP contribution in [0, 0.1) is 11.8 Å². The fourth-order valence-corrected chi connectivity index (χ4v) is 3.55. The molecule has 1 N–H and O–H groups in total. The molecule has 3 rings (SSSR count). The maximum absolute atomic E-state index is 12.4. The summed E-state index contributed by atoms with van der Waals surface area (Å²) in [6, 6.07) is 0.00213. The van der Waals surface area contributed by atoms with Crippen LogP contribution in [0.1, 0.15) is 27.2 Å². The Hall–Kier alpha value is -1.40. The quantitative estimate of drug-likeness (QED) is 0.518. The third-order valence-electron chi connectivity index (χ3n) is 5.47. The fourth-order valence-electron chi connectivity index (χ4n) is 3.55. The second kappa shape index (κ2) is 5.35. The van der Waals surface area contributed by atoms with Gasteiger partial charge in [-0.15, -0.1) is 0 Å². The monoisotopic (exact) mass is 309 g/mol. The van der Waals surface area contributed by atoms with Crippen molar-refractivity contribution < 1.29 is 24.2 Å². The third-order valence-corrected chi connectivity index (χ3v) is 5.47. The molecule has 3 aliphatic rings. The summed E-state index contributed by atoms with van der Waals surface area (Å²) < 4.78 is 11.0. The topological polar surface area (TPSA) is 76.1 Å². The summed E-state index contributed by atoms with van der Waals surface area (Å²) >= 11 is 0. The number of ether oxygens (including phenoxy) is 2. The Balaban J connectivity index is 1.91. The predicted octanol–water partition coefficient (Wildman–Crippen LogP) is 0.492. The van der Waals surface area contributed by atoms with E-state index in [0.717, 1.165) is 25.1 Å². The van der Waals surface area contributed by atoms with Crippen LogP contribution in [0.5, 0.6) is 0 Å². The van der Waals surface area contributed by atoms with Crippen LogP contribution in [0.2, 0.25) is 0 Å². The Bertz CT molecular complexity index is 527. The average Bonchev–Trinajstić information content (AvgIpc) is 3.05. The van der Waals surface area contributed by atoms with E-state index in [0.29, 0.717) is 0 Å². The number of hydrogen-bond acceptors (Lipinski definition) is 6. The molecule has 5 atom stereocenters. The summed E-state index contributed by atoms with van der Waals surface area (Å²) in [5.74, 6) is -2.21. The van der Waals surface area contributed by atoms with E-state index < -0.39 is 23.4 Å². The standard InChI is InChI=1S/C16H23NO5/c1-9-10(2)16(3,20)15(19)21-8-11-4-6-17-7-5-12(13(11)17)22-14(9)18/h4,9-10,12-13,20H,5-8H2,1-3H3/t9-,10+,12-,13-,16-/m1/s1. The molecule has 0 aromatic heterocycles. The van der Waals surface area contributed by atoms with Crippen molar-refractivity contribution in [2.75, 3.05) is 19.7 Å². The maximum atomic E-state index is 12.4. The first-order valence-electron chi connectivity index (χ1n) is 7.85. The van der Waals surface area contributed by atoms with E-state index in [1.807, 2.05) is 6.08 Å². The number of cyclic esters (lactones) is 1. The van der Waals surface area contributed by atoms with E-state index in [4.69, 9.17) is 9.47 Å². The molecule has 0 aliphatic carbocycles. The van der Waals surface area contributed by atoms with Crippen LogP contribution in [0.4, 0.5) is 0 Å². The minimum absolute atomic E-state index is 0.00213. The normalized spacial score (nSPS) is 43.0. The predicted molar refractivity (Wildman–Crippen MR) is 77.9 cm³/mol. The van der Waals surface area contributed by atoms with Gasteiger partial charge in [-0.25, -0.2) is 4.79 Å². The molecule has 3 heterocycles. The van der Waals surface area contributed by atoms with E-state index >= 15 is 0 Å². The first kappa shape index (κ1) is 15.5. The molecule has 6 nitrogen and oxygen atoms in total. The lowest BCUT2D eigenvalue weighted by molar-refractivity contribution is -0.173. The van der Waals surface area contributed by atoms with Gasteiger partial charge >= 0.3 is 11.9 Å². The zero-order valence-corrected chi connectivity index (χ0v) is 13.2. The lowest BCUT2D eigenvalue weighted by Gasteiger charge is -2.31. The summed E-state index contributed by atoms with van der Waals surface area (Å²) in [5, 5.41) is 10.5. The van der Waals surface area contributed by atoms with Crippen LogP contribution in [0.3, 0.4) is 0 Å². The molecule has 0 bridgehead atoms. The first-order valence-corrected chi connectivity index (χ1v) is 7.85. The van der Waals surface area contributed by atoms with E-state index in [-0.39, 0.29) is 24.7 Å². The number of nitrogens with zero attached hydrogens (tertiary/aromatic N) is 1. The molecule has 2 saturated heterocycles. The van der Waals surface area contributed by atoms with Crippen molar-refractivity contribution in [3.8, 4) is 0 Å². The lowest BCUT2D eigenvalue weighted by atomic mass is 9.81. The Labute approximate surface area is 130 Å². The highest BCUT2D eigenvalue weighted by atomic mass is 16.6. The van der Waals surface area contributed by atoms with Crippen LogP contribution >= 0.6 is 0 Å². The minimum atomic E-state index is -1.71. The molecular weight excluding hydrogens is 286 g/mol. The highest BCUT2D eigenvalue weighted by Crippen LogP contribution is 2.35. The van der Waals surface area contributed by atoms with Gasteiger partial charge in [0.1, 0.15) is 12.7 Å². The zero-order valence-electron chi connectivity index (χ0n) is 13.2. The van der Waals surface area contributed by atoms with E-state index in [2.05, 4.69) is 4.90 Å². The van der Waals surface area contributed by atoms with Crippen molar-refractivity contribution >= 4 is 11.9 Å². The molecule has 0 aromatic rings. The van der Waals surface area contributed by atoms with Crippen molar-refractivity contribution in [2.45, 2.75) is 44.9 Å². The summed E-state index contributed by atoms with van der Waals surface area (Å²) in [6.45, 7) is 6.56. The van der Waals surface area contributed by atoms with Crippen molar-refractivity contribution in [1.82, 2.24) is 4.90 Å². The Morgan fingerprint density at radius 2 is 2.09 bits per heavy atom. The molecule has 2 fully saturated rings. The SMILES string of the molecule is C[C@H]1C(=O)O[C@@H]2CCN3CC=C(COC(=O)[C@](C)(O)[C@H]1C)[C@H]23. The number of esters is 2. The molecule has 0 spiro atoms. The first-order chi connectivity index (χ1) is 10.3. The molecule has 122 valence electrons. The number of aliphatic hydroxyl groups is 1. The zero-order chi connectivity index (χ0) is 16.1.